The van der Waals surface area contributed by atoms with Crippen molar-refractivity contribution >= 4 is 11.6 Å². The van der Waals surface area contributed by atoms with Crippen molar-refractivity contribution in [1.29, 1.82) is 0 Å². The van der Waals surface area contributed by atoms with Crippen LogP contribution in [0.25, 0.3) is 0 Å². The van der Waals surface area contributed by atoms with Crippen molar-refractivity contribution < 1.29 is 14.6 Å². The minimum atomic E-state index is -0.551. The molecule has 1 N–H and O–H groups in total. The van der Waals surface area contributed by atoms with E-state index in [2.05, 4.69) is 0 Å². The van der Waals surface area contributed by atoms with Crippen molar-refractivity contribution in [1.82, 2.24) is 4.90 Å². The SMILES string of the molecule is COc1ccccc1N1C(C)CN(C)C(=O)C1CO. The first-order chi connectivity index (χ1) is 9.10. The number of carbonyl (C=O) groups excluding carboxylic acids is 1. The minimum Gasteiger partial charge on any atom is -0.495 e. The quantitative estimate of drug-likeness (QED) is 0.874. The number of nitrogens with zero attached hydrogens (tertiary/aromatic N) is 2. The predicted octanol–water partition coefficient (Wildman–Crippen LogP) is 0.723. The van der Waals surface area contributed by atoms with Crippen LogP contribution in [0.3, 0.4) is 0 Å². The van der Waals surface area contributed by atoms with Gasteiger partial charge < -0.3 is 19.6 Å². The molecule has 1 aliphatic heterocycles. The molecule has 0 radical (unpaired) electrons. The van der Waals surface area contributed by atoms with E-state index >= 15 is 0 Å². The Morgan fingerprint density at radius 3 is 2.74 bits per heavy atom. The van der Waals surface area contributed by atoms with E-state index in [-0.39, 0.29) is 18.6 Å². The van der Waals surface area contributed by atoms with E-state index < -0.39 is 6.04 Å². The molecule has 2 unspecified atom stereocenters. The molecule has 1 fully saturated rings. The highest BCUT2D eigenvalue weighted by molar-refractivity contribution is 5.87. The molecule has 1 heterocycles. The molecular formula is C14H20N2O3. The lowest BCUT2D eigenvalue weighted by Crippen LogP contribution is -2.61. The van der Waals surface area contributed by atoms with Crippen LogP contribution < -0.4 is 9.64 Å². The molecule has 0 aliphatic carbocycles. The van der Waals surface area contributed by atoms with Crippen LogP contribution in [0.15, 0.2) is 24.3 Å². The average molecular weight is 264 g/mol. The van der Waals surface area contributed by atoms with Gasteiger partial charge in [0.15, 0.2) is 0 Å². The molecule has 2 atom stereocenters. The normalized spacial score (nSPS) is 23.7. The van der Waals surface area contributed by atoms with Crippen molar-refractivity contribution in [2.75, 3.05) is 32.2 Å². The maximum Gasteiger partial charge on any atom is 0.247 e. The molecule has 0 aromatic heterocycles. The maximum absolute atomic E-state index is 12.2. The average Bonchev–Trinajstić information content (AvgIpc) is 2.42. The third kappa shape index (κ3) is 2.38. The van der Waals surface area contributed by atoms with Gasteiger partial charge in [-0.3, -0.25) is 4.79 Å². The highest BCUT2D eigenvalue weighted by atomic mass is 16.5. The maximum atomic E-state index is 12.2. The monoisotopic (exact) mass is 264 g/mol. The summed E-state index contributed by atoms with van der Waals surface area (Å²) >= 11 is 0. The summed E-state index contributed by atoms with van der Waals surface area (Å²) in [6.45, 7) is 2.47. The molecule has 1 aliphatic rings. The Labute approximate surface area is 113 Å². The van der Waals surface area contributed by atoms with Crippen molar-refractivity contribution in [2.24, 2.45) is 0 Å². The molecule has 5 nitrogen and oxygen atoms in total. The van der Waals surface area contributed by atoms with Gasteiger partial charge in [0.05, 0.1) is 19.4 Å². The zero-order valence-electron chi connectivity index (χ0n) is 11.5. The molecule has 0 saturated carbocycles. The molecule has 1 aromatic rings. The molecule has 2 rings (SSSR count). The van der Waals surface area contributed by atoms with E-state index in [1.807, 2.05) is 36.1 Å². The summed E-state index contributed by atoms with van der Waals surface area (Å²) in [6, 6.07) is 7.14. The third-order valence-corrected chi connectivity index (χ3v) is 3.55. The lowest BCUT2D eigenvalue weighted by atomic mass is 10.0. The molecular weight excluding hydrogens is 244 g/mol. The Kier molecular flexibility index (Phi) is 3.95. The van der Waals surface area contributed by atoms with Gasteiger partial charge in [-0.1, -0.05) is 12.1 Å². The summed E-state index contributed by atoms with van der Waals surface area (Å²) in [5.41, 5.74) is 0.845. The largest absolute Gasteiger partial charge is 0.495 e. The van der Waals surface area contributed by atoms with Gasteiger partial charge in [0, 0.05) is 19.6 Å². The Bertz CT molecular complexity index is 464. The Morgan fingerprint density at radius 1 is 1.42 bits per heavy atom. The number of hydrogen-bond donors (Lipinski definition) is 1. The fraction of sp³-hybridized carbons (Fsp3) is 0.500. The molecule has 1 amide bonds. The predicted molar refractivity (Wildman–Crippen MR) is 73.4 cm³/mol. The molecule has 1 aromatic carbocycles. The lowest BCUT2D eigenvalue weighted by Gasteiger charge is -2.44. The second-order valence-corrected chi connectivity index (χ2v) is 4.85. The number of anilines is 1. The number of piperazine rings is 1. The smallest absolute Gasteiger partial charge is 0.247 e. The second-order valence-electron chi connectivity index (χ2n) is 4.85. The zero-order chi connectivity index (χ0) is 14.0. The fourth-order valence-electron chi connectivity index (χ4n) is 2.67. The van der Waals surface area contributed by atoms with Crippen LogP contribution in [0.2, 0.25) is 0 Å². The number of benzene rings is 1. The first-order valence-corrected chi connectivity index (χ1v) is 6.37. The highest BCUT2D eigenvalue weighted by Crippen LogP contribution is 2.33. The number of hydrogen-bond acceptors (Lipinski definition) is 4. The van der Waals surface area contributed by atoms with Crippen LogP contribution in [-0.2, 0) is 4.79 Å². The summed E-state index contributed by atoms with van der Waals surface area (Å²) in [5.74, 6) is 0.650. The van der Waals surface area contributed by atoms with Gasteiger partial charge in [0.1, 0.15) is 11.8 Å². The summed E-state index contributed by atoms with van der Waals surface area (Å²) in [6.07, 6.45) is 0. The Hall–Kier alpha value is -1.75. The number of carbonyl (C=O) groups is 1. The lowest BCUT2D eigenvalue weighted by molar-refractivity contribution is -0.134. The fourth-order valence-corrected chi connectivity index (χ4v) is 2.67. The van der Waals surface area contributed by atoms with Gasteiger partial charge in [0.2, 0.25) is 5.91 Å². The summed E-state index contributed by atoms with van der Waals surface area (Å²) in [5, 5.41) is 9.56. The van der Waals surface area contributed by atoms with Gasteiger partial charge in [0.25, 0.3) is 0 Å². The number of likely N-dealkylation sites (N-methyl/N-ethyl adjacent to an activating group) is 1. The van der Waals surface area contributed by atoms with Crippen LogP contribution >= 0.6 is 0 Å². The number of ether oxygens (including phenoxy) is 1. The van der Waals surface area contributed by atoms with E-state index in [0.717, 1.165) is 5.69 Å². The Balaban J connectivity index is 2.42. The molecule has 1 saturated heterocycles. The first kappa shape index (κ1) is 13.7. The second kappa shape index (κ2) is 5.48. The Morgan fingerprint density at radius 2 is 2.11 bits per heavy atom. The van der Waals surface area contributed by atoms with E-state index in [9.17, 15) is 9.90 Å². The van der Waals surface area contributed by atoms with Gasteiger partial charge in [-0.25, -0.2) is 0 Å². The zero-order valence-corrected chi connectivity index (χ0v) is 11.5. The van der Waals surface area contributed by atoms with Crippen molar-refractivity contribution in [3.05, 3.63) is 24.3 Å². The number of amides is 1. The van der Waals surface area contributed by atoms with E-state index in [1.165, 1.54) is 0 Å². The number of aliphatic hydroxyl groups excluding tert-OH is 1. The van der Waals surface area contributed by atoms with Gasteiger partial charge in [-0.15, -0.1) is 0 Å². The number of methoxy groups -OCH3 is 1. The van der Waals surface area contributed by atoms with Crippen LogP contribution in [0.5, 0.6) is 5.75 Å². The van der Waals surface area contributed by atoms with Crippen LogP contribution in [0.1, 0.15) is 6.92 Å². The minimum absolute atomic E-state index is 0.0634. The molecule has 104 valence electrons. The summed E-state index contributed by atoms with van der Waals surface area (Å²) in [4.78, 5) is 15.8. The highest BCUT2D eigenvalue weighted by Gasteiger charge is 2.37. The van der Waals surface area contributed by atoms with Crippen LogP contribution in [0.4, 0.5) is 5.69 Å². The van der Waals surface area contributed by atoms with Gasteiger partial charge >= 0.3 is 0 Å². The topological polar surface area (TPSA) is 53.0 Å². The van der Waals surface area contributed by atoms with Crippen molar-refractivity contribution in [2.45, 2.75) is 19.0 Å². The number of aliphatic hydroxyl groups is 1. The van der Waals surface area contributed by atoms with Crippen molar-refractivity contribution in [3.63, 3.8) is 0 Å². The molecule has 5 heteroatoms. The van der Waals surface area contributed by atoms with Gasteiger partial charge in [-0.05, 0) is 19.1 Å². The summed E-state index contributed by atoms with van der Waals surface area (Å²) < 4.78 is 5.35. The number of rotatable bonds is 3. The van der Waals surface area contributed by atoms with E-state index in [0.29, 0.717) is 12.3 Å². The first-order valence-electron chi connectivity index (χ1n) is 6.37. The van der Waals surface area contributed by atoms with E-state index in [1.54, 1.807) is 19.1 Å². The number of para-hydroxylation sites is 2. The third-order valence-electron chi connectivity index (χ3n) is 3.55. The van der Waals surface area contributed by atoms with Crippen molar-refractivity contribution in [3.8, 4) is 5.75 Å². The summed E-state index contributed by atoms with van der Waals surface area (Å²) in [7, 11) is 3.37. The molecule has 19 heavy (non-hydrogen) atoms. The molecule has 0 bridgehead atoms. The van der Waals surface area contributed by atoms with E-state index in [4.69, 9.17) is 4.74 Å². The van der Waals surface area contributed by atoms with Gasteiger partial charge in [-0.2, -0.15) is 0 Å². The van der Waals surface area contributed by atoms with Crippen LogP contribution in [-0.4, -0.2) is 55.3 Å². The molecule has 0 spiro atoms. The van der Waals surface area contributed by atoms with Crippen LogP contribution in [0, 0.1) is 0 Å². The standard InChI is InChI=1S/C14H20N2O3/c1-10-8-15(2)14(18)12(9-17)16(10)11-6-4-5-7-13(11)19-3/h4-7,10,12,17H,8-9H2,1-3H3.